The van der Waals surface area contributed by atoms with E-state index < -0.39 is 70.1 Å². The van der Waals surface area contributed by atoms with Crippen molar-refractivity contribution in [2.45, 2.75) is 116 Å². The molecule has 0 fully saturated rings. The van der Waals surface area contributed by atoms with E-state index in [0.717, 1.165) is 75.3 Å². The van der Waals surface area contributed by atoms with Gasteiger partial charge in [-0.3, -0.25) is 38.4 Å². The minimum atomic E-state index is -0.619. The van der Waals surface area contributed by atoms with Gasteiger partial charge >= 0.3 is 23.9 Å². The summed E-state index contributed by atoms with van der Waals surface area (Å²) >= 11 is 0. The Labute approximate surface area is 784 Å². The van der Waals surface area contributed by atoms with Gasteiger partial charge in [-0.05, 0) is 233 Å². The lowest BCUT2D eigenvalue weighted by Gasteiger charge is -2.16. The number of H-pyrrole nitrogens is 2. The van der Waals surface area contributed by atoms with Crippen molar-refractivity contribution in [1.29, 1.82) is 0 Å². The van der Waals surface area contributed by atoms with Gasteiger partial charge in [0.25, 0.3) is 0 Å². The number of carbonyl (C=O) groups is 12. The molecule has 0 spiro atoms. The summed E-state index contributed by atoms with van der Waals surface area (Å²) in [5, 5.41) is 0. The van der Waals surface area contributed by atoms with E-state index in [-0.39, 0.29) is 26.4 Å². The zero-order chi connectivity index (χ0) is 94.0. The second-order valence-electron chi connectivity index (χ2n) is 33.8. The van der Waals surface area contributed by atoms with E-state index in [0.29, 0.717) is 239 Å². The summed E-state index contributed by atoms with van der Waals surface area (Å²) in [7, 11) is 0. The van der Waals surface area contributed by atoms with Gasteiger partial charge in [-0.2, -0.15) is 0 Å². The van der Waals surface area contributed by atoms with Crippen LogP contribution < -0.4 is 0 Å². The van der Waals surface area contributed by atoms with Gasteiger partial charge in [-0.15, -0.1) is 0 Å². The van der Waals surface area contributed by atoms with E-state index in [4.69, 9.17) is 43.1 Å². The first-order chi connectivity index (χ1) is 66.5. The Morgan fingerprint density at radius 3 is 0.743 bits per heavy atom. The van der Waals surface area contributed by atoms with E-state index in [1.165, 1.54) is 24.3 Å². The van der Waals surface area contributed by atoms with E-state index in [9.17, 15) is 57.5 Å². The minimum Gasteiger partial charge on any atom is -0.493 e. The predicted molar refractivity (Wildman–Crippen MR) is 518 cm³/mol. The average Bonchev–Trinajstić information content (AvgIpc) is 1.59. The highest BCUT2D eigenvalue weighted by Gasteiger charge is 2.32. The van der Waals surface area contributed by atoms with Gasteiger partial charge < -0.3 is 43.1 Å². The molecule has 3 aromatic heterocycles. The quantitative estimate of drug-likeness (QED) is 0.0156. The number of aromatic nitrogens is 4. The molecule has 23 heteroatoms. The highest BCUT2D eigenvalue weighted by atomic mass is 16.5. The summed E-state index contributed by atoms with van der Waals surface area (Å²) in [6.45, 7) is 1.73. The molecule has 0 amide bonds. The van der Waals surface area contributed by atoms with Crippen LogP contribution in [0.4, 0.5) is 0 Å². The van der Waals surface area contributed by atoms with E-state index in [2.05, 4.69) is 9.97 Å². The smallest absolute Gasteiger partial charge is 0.338 e. The second kappa shape index (κ2) is 43.1. The van der Waals surface area contributed by atoms with Crippen molar-refractivity contribution in [3.05, 3.63) is 332 Å². The van der Waals surface area contributed by atoms with E-state index in [1.54, 1.807) is 133 Å². The maximum Gasteiger partial charge on any atom is 0.338 e. The normalized spacial score (nSPS) is 13.5. The van der Waals surface area contributed by atoms with Gasteiger partial charge in [0.2, 0.25) is 46.3 Å². The number of benzene rings is 8. The van der Waals surface area contributed by atoms with Crippen molar-refractivity contribution in [2.75, 3.05) is 46.2 Å². The van der Waals surface area contributed by atoms with Crippen LogP contribution in [0.1, 0.15) is 243 Å². The monoisotopic (exact) mass is 1810 g/mol. The Hall–Kier alpha value is -16.0. The number of ketones is 8. The van der Waals surface area contributed by atoms with Crippen LogP contribution in [0.5, 0.6) is 0 Å². The van der Waals surface area contributed by atoms with Crippen molar-refractivity contribution in [1.82, 2.24) is 19.9 Å². The number of carbonyl (C=O) groups excluding carboxylic acids is 12. The molecule has 136 heavy (non-hydrogen) atoms. The number of nitrogens with one attached hydrogen (secondary N) is 2. The van der Waals surface area contributed by atoms with Crippen LogP contribution in [0.2, 0.25) is 0 Å². The third-order valence-electron chi connectivity index (χ3n) is 24.6. The Kier molecular flexibility index (Phi) is 29.1. The zero-order valence-electron chi connectivity index (χ0n) is 74.7. The highest BCUT2D eigenvalue weighted by Crippen LogP contribution is 2.41. The van der Waals surface area contributed by atoms with Gasteiger partial charge in [0, 0.05) is 101 Å². The number of rotatable bonds is 40. The number of esters is 4. The van der Waals surface area contributed by atoms with E-state index >= 15 is 0 Å². The molecule has 8 aromatic carbocycles. The summed E-state index contributed by atoms with van der Waals surface area (Å²) in [5.41, 5.74) is 16.5. The van der Waals surface area contributed by atoms with Crippen LogP contribution in [-0.4, -0.2) is 136 Å². The number of aromatic amines is 2. The van der Waals surface area contributed by atoms with Crippen LogP contribution in [-0.2, 0) is 52.3 Å². The molecule has 6 aliphatic rings. The third kappa shape index (κ3) is 21.2. The maximum atomic E-state index is 13.9. The largest absolute Gasteiger partial charge is 0.493 e. The zero-order valence-corrected chi connectivity index (χ0v) is 74.7. The van der Waals surface area contributed by atoms with Crippen molar-refractivity contribution < 1.29 is 90.7 Å². The average molecular weight is 1810 g/mol. The molecule has 17 rings (SSSR count). The molecule has 0 radical (unpaired) electrons. The van der Waals surface area contributed by atoms with Gasteiger partial charge in [0.15, 0.2) is 0 Å². The first-order valence-corrected chi connectivity index (χ1v) is 46.2. The third-order valence-corrected chi connectivity index (χ3v) is 24.6. The molecule has 23 nitrogen and oxygen atoms in total. The van der Waals surface area contributed by atoms with Gasteiger partial charge in [-0.25, -0.2) is 29.1 Å². The summed E-state index contributed by atoms with van der Waals surface area (Å²) < 4.78 is 41.3. The van der Waals surface area contributed by atoms with Gasteiger partial charge in [0.05, 0.1) is 91.3 Å². The second-order valence-corrected chi connectivity index (χ2v) is 33.8. The Morgan fingerprint density at radius 1 is 0.235 bits per heavy atom. The fourth-order valence-electron chi connectivity index (χ4n) is 17.5. The maximum absolute atomic E-state index is 13.9. The summed E-state index contributed by atoms with van der Waals surface area (Å²) in [6.07, 6.45) is 26.0. The SMILES string of the molecule is O=C1C=C(CCCCCCCOC(=O)c2ccc(-c3c4nc(c(-c5ccc(C(=O)OCCCCCCOC6=CC(=O)C(=O)c7ccccc76)cc5)c5ccc([nH]5)c(-c5ccc(C(=O)OCCCCCCOC6=CC(=O)C(=O)c7ccccc76)cc5)c5nc(c(-c6ccc(C(=O)OCCCCCCOC7=CC(=O)C(=O)c8ccccc87)cc6)c6ccc3[nH]6)C=C5)C=C4)cc2)c2ccccc2C1=O. The lowest BCUT2D eigenvalue weighted by molar-refractivity contribution is -0.111. The van der Waals surface area contributed by atoms with Crippen LogP contribution in [0.25, 0.3) is 114 Å². The topological polar surface area (TPSA) is 327 Å². The molecule has 2 N–H and O–H groups in total. The summed E-state index contributed by atoms with van der Waals surface area (Å²) in [5.74, 6) is -5.39. The fraction of sp³-hybridized carbons (Fsp3) is 0.221. The number of fused-ring (bicyclic) bond motifs is 12. The lowest BCUT2D eigenvalue weighted by Crippen LogP contribution is -2.19. The number of hydrogen-bond donors (Lipinski definition) is 2. The first kappa shape index (κ1) is 91.8. The molecule has 5 heterocycles. The van der Waals surface area contributed by atoms with Crippen molar-refractivity contribution >= 4 is 139 Å². The van der Waals surface area contributed by atoms with Crippen LogP contribution in [0.3, 0.4) is 0 Å². The molecular weight excluding hydrogens is 1720 g/mol. The molecule has 0 unspecified atom stereocenters. The summed E-state index contributed by atoms with van der Waals surface area (Å²) in [6, 6.07) is 64.4. The molecule has 0 atom stereocenters. The molecule has 0 saturated heterocycles. The Bertz CT molecular complexity index is 6160. The molecule has 11 aromatic rings. The molecule has 4 aliphatic carbocycles. The number of allylic oxidation sites excluding steroid dienone is 5. The number of Topliss-reactive ketones (excluding diaryl/α,β-unsaturated/α-hetero) is 4. The number of ether oxygens (including phenoxy) is 7. The van der Waals surface area contributed by atoms with Gasteiger partial charge in [-0.1, -0.05) is 165 Å². The number of hydrogen-bond acceptors (Lipinski definition) is 21. The molecule has 0 saturated carbocycles. The van der Waals surface area contributed by atoms with Gasteiger partial charge in [0.1, 0.15) is 17.3 Å². The lowest BCUT2D eigenvalue weighted by atomic mass is 9.87. The standard InChI is InChI=1S/C113H96N4O19/c118-95-66-78(79-27-11-15-31-83(79)106(95)122)26-10-2-1-3-22-62-133-110(126)74-43-35-70(36-44-74)102-87-51-53-89(114-87)103(71-37-45-75(46-38-71)111(127)134-63-23-7-4-19-59-130-99-67-96(119)107(123)84-32-16-12-28-80(84)99)91-55-57-93(116-91)105(73-41-49-77(50-42-73)113(129)136-65-25-9-6-21-61-132-101-69-98(121)109(125)86-34-18-14-30-82(86)101)94-58-56-92(117-94)104(90-54-52-88(102)115-90)72-39-47-76(48-40-72)112(128)135-64-24-8-5-20-60-131-100-68-97(120)108(124)85-33-17-13-29-81(85)100/h11-18,27-58,66-69,114,117H,1-10,19-26,59-65H2. The minimum absolute atomic E-state index is 0.172. The molecule has 8 bridgehead atoms. The predicted octanol–water partition coefficient (Wildman–Crippen LogP) is 22.3. The molecular formula is C113H96N4O19. The first-order valence-electron chi connectivity index (χ1n) is 46.2. The van der Waals surface area contributed by atoms with Crippen LogP contribution >= 0.6 is 0 Å². The highest BCUT2D eigenvalue weighted by molar-refractivity contribution is 6.52. The number of nitrogens with zero attached hydrogens (tertiary/aromatic N) is 2. The number of unbranched alkanes of at least 4 members (excludes halogenated alkanes) is 13. The van der Waals surface area contributed by atoms with Crippen molar-refractivity contribution in [3.63, 3.8) is 0 Å². The van der Waals surface area contributed by atoms with Crippen LogP contribution in [0, 0.1) is 0 Å². The van der Waals surface area contributed by atoms with E-state index in [1.807, 2.05) is 109 Å². The van der Waals surface area contributed by atoms with Crippen molar-refractivity contribution in [3.8, 4) is 44.5 Å². The van der Waals surface area contributed by atoms with Crippen LogP contribution in [0.15, 0.2) is 243 Å². The molecule has 682 valence electrons. The Morgan fingerprint density at radius 2 is 0.463 bits per heavy atom. The van der Waals surface area contributed by atoms with Crippen molar-refractivity contribution in [2.24, 2.45) is 0 Å². The molecule has 2 aliphatic heterocycles. The fourth-order valence-corrected chi connectivity index (χ4v) is 17.5. The Balaban J connectivity index is 0.640. The summed E-state index contributed by atoms with van der Waals surface area (Å²) in [4.78, 5) is 174.